The molecule has 230 valence electrons. The Morgan fingerprint density at radius 3 is 2.56 bits per heavy atom. The second kappa shape index (κ2) is 14.4. The van der Waals surface area contributed by atoms with Crippen LogP contribution in [0, 0.1) is 11.6 Å². The lowest BCUT2D eigenvalue weighted by Gasteiger charge is -2.16. The quantitative estimate of drug-likeness (QED) is 0.161. The van der Waals surface area contributed by atoms with Gasteiger partial charge in [0.25, 0.3) is 5.56 Å². The number of aliphatic carboxylic acids is 1. The number of ether oxygens (including phenoxy) is 3. The number of pyridine rings is 1. The lowest BCUT2D eigenvalue weighted by molar-refractivity contribution is -0.142. The van der Waals surface area contributed by atoms with E-state index >= 15 is 0 Å². The van der Waals surface area contributed by atoms with Crippen molar-refractivity contribution in [2.75, 3.05) is 38.7 Å². The summed E-state index contributed by atoms with van der Waals surface area (Å²) >= 11 is 0. The number of rotatable bonds is 16. The van der Waals surface area contributed by atoms with Gasteiger partial charge in [0, 0.05) is 61.8 Å². The first-order chi connectivity index (χ1) is 20.5. The molecule has 0 aliphatic carbocycles. The van der Waals surface area contributed by atoms with Gasteiger partial charge in [0.05, 0.1) is 12.4 Å². The highest BCUT2D eigenvalue weighted by atomic mass is 32.2. The van der Waals surface area contributed by atoms with Gasteiger partial charge in [0.1, 0.15) is 23.7 Å². The predicted octanol–water partition coefficient (Wildman–Crippen LogP) is 3.57. The highest BCUT2D eigenvalue weighted by Crippen LogP contribution is 2.38. The van der Waals surface area contributed by atoms with Gasteiger partial charge in [-0.15, -0.1) is 0 Å². The molecule has 2 aromatic carbocycles. The number of sulfonamides is 1. The summed E-state index contributed by atoms with van der Waals surface area (Å²) in [7, 11) is -2.07. The van der Waals surface area contributed by atoms with Crippen molar-refractivity contribution in [3.05, 3.63) is 82.4 Å². The fourth-order valence-corrected chi connectivity index (χ4v) is 5.35. The van der Waals surface area contributed by atoms with Crippen molar-refractivity contribution in [2.45, 2.75) is 12.8 Å². The van der Waals surface area contributed by atoms with Gasteiger partial charge in [-0.05, 0) is 48.7 Å². The number of nitrogens with zero attached hydrogens (tertiary/aromatic N) is 1. The maximum absolute atomic E-state index is 14.4. The molecular formula is C29H31F2N3O8S. The van der Waals surface area contributed by atoms with E-state index in [1.807, 2.05) is 0 Å². The molecule has 3 N–H and O–H groups in total. The van der Waals surface area contributed by atoms with Crippen molar-refractivity contribution in [1.29, 1.82) is 0 Å². The summed E-state index contributed by atoms with van der Waals surface area (Å²) < 4.78 is 73.1. The molecule has 2 heterocycles. The summed E-state index contributed by atoms with van der Waals surface area (Å²) in [6, 6.07) is 9.62. The van der Waals surface area contributed by atoms with Gasteiger partial charge < -0.3 is 28.9 Å². The number of hydrogen-bond acceptors (Lipinski definition) is 7. The summed E-state index contributed by atoms with van der Waals surface area (Å²) in [6.45, 7) is 0.319. The summed E-state index contributed by atoms with van der Waals surface area (Å²) in [4.78, 5) is 25.9. The molecule has 11 nitrogen and oxygen atoms in total. The molecule has 0 aliphatic heterocycles. The zero-order valence-corrected chi connectivity index (χ0v) is 24.1. The number of hydrogen-bond donors (Lipinski definition) is 3. The van der Waals surface area contributed by atoms with Crippen LogP contribution in [-0.2, 0) is 37.8 Å². The minimum Gasteiger partial charge on any atom is -0.480 e. The Labute approximate surface area is 246 Å². The van der Waals surface area contributed by atoms with E-state index in [-0.39, 0.29) is 55.6 Å². The number of aryl methyl sites for hydroxylation is 2. The number of aromatic nitrogens is 2. The first-order valence-electron chi connectivity index (χ1n) is 13.3. The van der Waals surface area contributed by atoms with E-state index < -0.39 is 27.6 Å². The Bertz CT molecular complexity index is 1750. The van der Waals surface area contributed by atoms with Crippen LogP contribution in [0.15, 0.2) is 59.7 Å². The Balaban J connectivity index is 1.47. The zero-order chi connectivity index (χ0) is 31.0. The lowest BCUT2D eigenvalue weighted by Crippen LogP contribution is -2.30. The van der Waals surface area contributed by atoms with Gasteiger partial charge in [-0.25, -0.2) is 26.7 Å². The van der Waals surface area contributed by atoms with Crippen molar-refractivity contribution in [3.8, 4) is 22.6 Å². The molecule has 0 spiro atoms. The SMILES string of the molecule is Cn1cc(-c2cc(CCS(=O)(=O)NCCOCCCOCC(=O)O)ccc2Oc2ccc(F)cc2F)c2cc[nH]c2c1=O. The van der Waals surface area contributed by atoms with Crippen LogP contribution < -0.4 is 15.0 Å². The van der Waals surface area contributed by atoms with Crippen LogP contribution in [0.25, 0.3) is 22.0 Å². The van der Waals surface area contributed by atoms with Crippen LogP contribution in [0.2, 0.25) is 0 Å². The Morgan fingerprint density at radius 1 is 1.02 bits per heavy atom. The van der Waals surface area contributed by atoms with Crippen molar-refractivity contribution < 1.29 is 41.3 Å². The molecule has 14 heteroatoms. The highest BCUT2D eigenvalue weighted by Gasteiger charge is 2.18. The molecular weight excluding hydrogens is 588 g/mol. The number of halogens is 2. The van der Waals surface area contributed by atoms with Crippen molar-refractivity contribution >= 4 is 26.9 Å². The molecule has 4 rings (SSSR count). The predicted molar refractivity (Wildman–Crippen MR) is 155 cm³/mol. The Kier molecular flexibility index (Phi) is 10.6. The smallest absolute Gasteiger partial charge is 0.329 e. The fourth-order valence-electron chi connectivity index (χ4n) is 4.31. The van der Waals surface area contributed by atoms with E-state index in [2.05, 4.69) is 9.71 Å². The maximum Gasteiger partial charge on any atom is 0.329 e. The van der Waals surface area contributed by atoms with Crippen LogP contribution in [0.5, 0.6) is 11.5 Å². The number of carboxylic acid groups (broad SMARTS) is 1. The van der Waals surface area contributed by atoms with Gasteiger partial charge >= 0.3 is 5.97 Å². The second-order valence-corrected chi connectivity index (χ2v) is 11.5. The molecule has 0 atom stereocenters. The van der Waals surface area contributed by atoms with Crippen LogP contribution in [0.3, 0.4) is 0 Å². The van der Waals surface area contributed by atoms with E-state index in [9.17, 15) is 26.8 Å². The van der Waals surface area contributed by atoms with Gasteiger partial charge in [-0.1, -0.05) is 6.07 Å². The Hall–Kier alpha value is -4.11. The first-order valence-corrected chi connectivity index (χ1v) is 15.0. The van der Waals surface area contributed by atoms with Crippen molar-refractivity contribution in [1.82, 2.24) is 14.3 Å². The third-order valence-electron chi connectivity index (χ3n) is 6.37. The molecule has 0 saturated heterocycles. The largest absolute Gasteiger partial charge is 0.480 e. The van der Waals surface area contributed by atoms with Crippen molar-refractivity contribution in [2.24, 2.45) is 7.05 Å². The number of carbonyl (C=O) groups is 1. The summed E-state index contributed by atoms with van der Waals surface area (Å²) in [5, 5.41) is 9.10. The molecule has 0 unspecified atom stereocenters. The number of nitrogens with one attached hydrogen (secondary N) is 2. The number of benzene rings is 2. The van der Waals surface area contributed by atoms with E-state index in [1.165, 1.54) is 10.6 Å². The van der Waals surface area contributed by atoms with Crippen LogP contribution in [0.4, 0.5) is 8.78 Å². The van der Waals surface area contributed by atoms with Gasteiger partial charge in [-0.3, -0.25) is 4.79 Å². The highest BCUT2D eigenvalue weighted by molar-refractivity contribution is 7.89. The number of aromatic amines is 1. The van der Waals surface area contributed by atoms with Gasteiger partial charge in [-0.2, -0.15) is 0 Å². The topological polar surface area (TPSA) is 149 Å². The average molecular weight is 620 g/mol. The number of fused-ring (bicyclic) bond motifs is 1. The summed E-state index contributed by atoms with van der Waals surface area (Å²) in [5.41, 5.74) is 1.81. The third-order valence-corrected chi connectivity index (χ3v) is 7.76. The molecule has 0 bridgehead atoms. The van der Waals surface area contributed by atoms with Crippen LogP contribution in [-0.4, -0.2) is 67.8 Å². The van der Waals surface area contributed by atoms with Crippen LogP contribution >= 0.6 is 0 Å². The van der Waals surface area contributed by atoms with Gasteiger partial charge in [0.2, 0.25) is 10.0 Å². The normalized spacial score (nSPS) is 11.7. The standard InChI is InChI=1S/C29H31F2N3O8S/c1-34-17-23(21-7-9-32-28(21)29(34)37)22-15-19(3-5-25(22)42-26-6-4-20(30)16-24(26)31)8-14-43(38,39)33-10-13-40-11-2-12-41-18-27(35)36/h3-7,9,15-17,32-33H,2,8,10-14,18H2,1H3,(H,35,36). The maximum atomic E-state index is 14.4. The van der Waals surface area contributed by atoms with E-state index in [4.69, 9.17) is 19.3 Å². The minimum absolute atomic E-state index is 0.0586. The monoisotopic (exact) mass is 619 g/mol. The summed E-state index contributed by atoms with van der Waals surface area (Å²) in [6.07, 6.45) is 3.84. The van der Waals surface area contributed by atoms with Crippen molar-refractivity contribution in [3.63, 3.8) is 0 Å². The first kappa shape index (κ1) is 31.8. The molecule has 0 aliphatic rings. The molecule has 0 amide bonds. The van der Waals surface area contributed by atoms with E-state index in [0.717, 1.165) is 6.07 Å². The van der Waals surface area contributed by atoms with Gasteiger partial charge in [0.15, 0.2) is 11.6 Å². The molecule has 2 aromatic heterocycles. The fraction of sp³-hybridized carbons (Fsp3) is 0.310. The number of carboxylic acids is 1. The number of H-pyrrole nitrogens is 1. The summed E-state index contributed by atoms with van der Waals surface area (Å²) in [5.74, 6) is -2.91. The molecule has 4 aromatic rings. The van der Waals surface area contributed by atoms with Crippen LogP contribution in [0.1, 0.15) is 12.0 Å². The average Bonchev–Trinajstić information content (AvgIpc) is 3.45. The van der Waals surface area contributed by atoms with E-state index in [0.29, 0.717) is 46.7 Å². The molecule has 0 saturated carbocycles. The molecule has 0 radical (unpaired) electrons. The molecule has 43 heavy (non-hydrogen) atoms. The molecule has 0 fully saturated rings. The minimum atomic E-state index is -3.66. The Morgan fingerprint density at radius 2 is 1.79 bits per heavy atom. The van der Waals surface area contributed by atoms with E-state index in [1.54, 1.807) is 43.7 Å². The zero-order valence-electron chi connectivity index (χ0n) is 23.3. The second-order valence-electron chi connectivity index (χ2n) is 9.61. The third kappa shape index (κ3) is 8.70. The lowest BCUT2D eigenvalue weighted by atomic mass is 9.99.